The van der Waals surface area contributed by atoms with Crippen LogP contribution in [0.3, 0.4) is 0 Å². The number of fused-ring (bicyclic) bond motifs is 2. The molecular formula is C24H23N7O. The lowest BCUT2D eigenvalue weighted by Gasteiger charge is -2.40. The lowest BCUT2D eigenvalue weighted by atomic mass is 9.68. The highest BCUT2D eigenvalue weighted by Crippen LogP contribution is 2.63. The van der Waals surface area contributed by atoms with Gasteiger partial charge >= 0.3 is 0 Å². The first-order chi connectivity index (χ1) is 15.6. The molecule has 3 heterocycles. The van der Waals surface area contributed by atoms with Gasteiger partial charge in [0.05, 0.1) is 46.3 Å². The Morgan fingerprint density at radius 3 is 2.94 bits per heavy atom. The topological polar surface area (TPSA) is 100 Å². The molecule has 1 aliphatic heterocycles. The van der Waals surface area contributed by atoms with Crippen molar-refractivity contribution in [3.05, 3.63) is 53.7 Å². The Balaban J connectivity index is 1.20. The molecule has 3 saturated carbocycles. The average Bonchev–Trinajstić information content (AvgIpc) is 3.55. The van der Waals surface area contributed by atoms with E-state index in [4.69, 9.17) is 5.26 Å². The van der Waals surface area contributed by atoms with Gasteiger partial charge in [0.15, 0.2) is 0 Å². The van der Waals surface area contributed by atoms with Crippen LogP contribution in [0.15, 0.2) is 41.9 Å². The summed E-state index contributed by atoms with van der Waals surface area (Å²) in [5, 5.41) is 20.8. The Bertz CT molecular complexity index is 1300. The molecule has 1 unspecified atom stereocenters. The highest BCUT2D eigenvalue weighted by Gasteiger charge is 2.62. The summed E-state index contributed by atoms with van der Waals surface area (Å²) in [6.07, 6.45) is 10.5. The fourth-order valence-corrected chi connectivity index (χ4v) is 5.85. The molecule has 8 heteroatoms. The number of benzene rings is 1. The Labute approximate surface area is 185 Å². The van der Waals surface area contributed by atoms with E-state index in [2.05, 4.69) is 26.2 Å². The quantitative estimate of drug-likeness (QED) is 0.638. The van der Waals surface area contributed by atoms with Crippen LogP contribution in [0.2, 0.25) is 0 Å². The van der Waals surface area contributed by atoms with Crippen LogP contribution in [0.5, 0.6) is 0 Å². The van der Waals surface area contributed by atoms with Gasteiger partial charge in [0.25, 0.3) is 0 Å². The van der Waals surface area contributed by atoms with E-state index in [1.54, 1.807) is 17.4 Å². The van der Waals surface area contributed by atoms with Gasteiger partial charge in [-0.3, -0.25) is 19.4 Å². The molecule has 2 aromatic heterocycles. The number of hydrogen-bond acceptors (Lipinski definition) is 6. The number of aromatic nitrogens is 4. The third-order valence-corrected chi connectivity index (χ3v) is 7.41. The summed E-state index contributed by atoms with van der Waals surface area (Å²) in [7, 11) is 0. The van der Waals surface area contributed by atoms with Crippen LogP contribution in [-0.2, 0) is 11.3 Å². The molecule has 8 nitrogen and oxygen atoms in total. The Kier molecular flexibility index (Phi) is 4.15. The fourth-order valence-electron chi connectivity index (χ4n) is 5.85. The standard InChI is InChI=1S/C24H23N7O/c1-15-11-26-13-20(29-15)22-4-5-27-31(22)23(32)24-7-18(8-24)19(9-24)14-30-21-3-2-16(10-25)6-17(21)12-28-30/h2-3,5-6,11-13,18-19,22H,4,7-9,14H2,1H3/t18?,19-,22?,24?/m0/s1. The lowest BCUT2D eigenvalue weighted by molar-refractivity contribution is -0.148. The number of rotatable bonds is 4. The van der Waals surface area contributed by atoms with Crippen LogP contribution in [0.1, 0.15) is 48.7 Å². The fraction of sp³-hybridized carbons (Fsp3) is 0.417. The highest BCUT2D eigenvalue weighted by molar-refractivity contribution is 5.86. The molecule has 160 valence electrons. The van der Waals surface area contributed by atoms with Crippen molar-refractivity contribution < 1.29 is 4.79 Å². The first-order valence-corrected chi connectivity index (χ1v) is 11.1. The van der Waals surface area contributed by atoms with Gasteiger partial charge < -0.3 is 0 Å². The second-order valence-electron chi connectivity index (χ2n) is 9.41. The Morgan fingerprint density at radius 2 is 2.12 bits per heavy atom. The van der Waals surface area contributed by atoms with E-state index >= 15 is 0 Å². The average molecular weight is 425 g/mol. The van der Waals surface area contributed by atoms with Gasteiger partial charge in [0, 0.05) is 30.8 Å². The predicted molar refractivity (Wildman–Crippen MR) is 117 cm³/mol. The summed E-state index contributed by atoms with van der Waals surface area (Å²) >= 11 is 0. The molecule has 0 saturated heterocycles. The van der Waals surface area contributed by atoms with Crippen LogP contribution in [0.4, 0.5) is 0 Å². The molecule has 3 fully saturated rings. The van der Waals surface area contributed by atoms with Crippen molar-refractivity contribution in [2.75, 3.05) is 0 Å². The molecule has 7 rings (SSSR count). The van der Waals surface area contributed by atoms with E-state index in [9.17, 15) is 4.79 Å². The lowest BCUT2D eigenvalue weighted by Crippen LogP contribution is -2.45. The summed E-state index contributed by atoms with van der Waals surface area (Å²) in [5.41, 5.74) is 3.01. The summed E-state index contributed by atoms with van der Waals surface area (Å²) in [6, 6.07) is 7.69. The number of nitriles is 1. The third kappa shape index (κ3) is 2.84. The van der Waals surface area contributed by atoms with Crippen LogP contribution in [0, 0.1) is 35.5 Å². The normalized spacial score (nSPS) is 28.1. The van der Waals surface area contributed by atoms with Gasteiger partial charge in [-0.1, -0.05) is 0 Å². The molecule has 0 spiro atoms. The minimum atomic E-state index is -0.316. The molecule has 2 atom stereocenters. The molecular weight excluding hydrogens is 402 g/mol. The van der Waals surface area contributed by atoms with Gasteiger partial charge in [-0.25, -0.2) is 5.01 Å². The van der Waals surface area contributed by atoms with E-state index in [-0.39, 0.29) is 17.4 Å². The Hall–Kier alpha value is -3.60. The number of hydrogen-bond donors (Lipinski definition) is 0. The second kappa shape index (κ2) is 6.95. The molecule has 1 amide bonds. The number of carbonyl (C=O) groups is 1. The first kappa shape index (κ1) is 19.1. The number of aryl methyl sites for hydroxylation is 1. The van der Waals surface area contributed by atoms with Crippen molar-refractivity contribution in [2.24, 2.45) is 22.4 Å². The van der Waals surface area contributed by atoms with Gasteiger partial charge in [-0.05, 0) is 56.2 Å². The molecule has 32 heavy (non-hydrogen) atoms. The minimum Gasteiger partial charge on any atom is -0.272 e. The molecule has 3 aliphatic carbocycles. The number of hydrazone groups is 1. The zero-order valence-corrected chi connectivity index (χ0v) is 17.8. The van der Waals surface area contributed by atoms with Crippen molar-refractivity contribution in [3.8, 4) is 6.07 Å². The van der Waals surface area contributed by atoms with Gasteiger partial charge in [-0.2, -0.15) is 15.5 Å². The first-order valence-electron chi connectivity index (χ1n) is 11.1. The SMILES string of the molecule is Cc1cncc(C2CC=NN2C(=O)C23CC(C2)[C@H](Cn2ncc4cc(C#N)ccc42)C3)n1. The molecule has 0 N–H and O–H groups in total. The van der Waals surface area contributed by atoms with Crippen molar-refractivity contribution in [1.82, 2.24) is 24.8 Å². The van der Waals surface area contributed by atoms with Crippen molar-refractivity contribution in [2.45, 2.75) is 45.2 Å². The highest BCUT2D eigenvalue weighted by atomic mass is 16.2. The number of amides is 1. The summed E-state index contributed by atoms with van der Waals surface area (Å²) in [6.45, 7) is 2.71. The maximum Gasteiger partial charge on any atom is 0.249 e. The zero-order valence-electron chi connectivity index (χ0n) is 17.8. The minimum absolute atomic E-state index is 0.127. The van der Waals surface area contributed by atoms with Crippen molar-refractivity contribution in [1.29, 1.82) is 5.26 Å². The van der Waals surface area contributed by atoms with Crippen molar-refractivity contribution in [3.63, 3.8) is 0 Å². The molecule has 1 aromatic carbocycles. The van der Waals surface area contributed by atoms with Crippen molar-refractivity contribution >= 4 is 23.0 Å². The van der Waals surface area contributed by atoms with E-state index in [0.29, 0.717) is 23.8 Å². The predicted octanol–water partition coefficient (Wildman–Crippen LogP) is 3.38. The maximum atomic E-state index is 13.6. The summed E-state index contributed by atoms with van der Waals surface area (Å²) in [4.78, 5) is 22.5. The maximum absolute atomic E-state index is 13.6. The molecule has 0 radical (unpaired) electrons. The second-order valence-corrected chi connectivity index (χ2v) is 9.41. The van der Waals surface area contributed by atoms with E-state index in [1.165, 1.54) is 0 Å². The van der Waals surface area contributed by atoms with Crippen LogP contribution in [0.25, 0.3) is 10.9 Å². The third-order valence-electron chi connectivity index (χ3n) is 7.41. The van der Waals surface area contributed by atoms with Gasteiger partial charge in [-0.15, -0.1) is 0 Å². The number of carbonyl (C=O) groups excluding carboxylic acids is 1. The van der Waals surface area contributed by atoms with E-state index in [0.717, 1.165) is 48.1 Å². The van der Waals surface area contributed by atoms with Crippen LogP contribution < -0.4 is 0 Å². The van der Waals surface area contributed by atoms with E-state index in [1.807, 2.05) is 42.2 Å². The molecule has 3 aromatic rings. The van der Waals surface area contributed by atoms with Crippen LogP contribution in [-0.4, -0.2) is 36.9 Å². The van der Waals surface area contributed by atoms with E-state index < -0.39 is 0 Å². The smallest absolute Gasteiger partial charge is 0.249 e. The molecule has 4 aliphatic rings. The largest absolute Gasteiger partial charge is 0.272 e. The summed E-state index contributed by atoms with van der Waals surface area (Å²) < 4.78 is 2.03. The molecule has 2 bridgehead atoms. The monoisotopic (exact) mass is 425 g/mol. The number of nitrogens with zero attached hydrogens (tertiary/aromatic N) is 7. The van der Waals surface area contributed by atoms with Crippen LogP contribution >= 0.6 is 0 Å². The summed E-state index contributed by atoms with van der Waals surface area (Å²) in [5.74, 6) is 1.09. The Morgan fingerprint density at radius 1 is 1.25 bits per heavy atom. The van der Waals surface area contributed by atoms with Gasteiger partial charge in [0.2, 0.25) is 5.91 Å². The zero-order chi connectivity index (χ0) is 21.9. The van der Waals surface area contributed by atoms with Gasteiger partial charge in [0.1, 0.15) is 6.04 Å².